The number of nitrogens with zero attached hydrogens (tertiary/aromatic N) is 2. The minimum Gasteiger partial charge on any atom is -0.306 e. The molecule has 0 bridgehead atoms. The summed E-state index contributed by atoms with van der Waals surface area (Å²) < 4.78 is 0. The van der Waals surface area contributed by atoms with Crippen LogP contribution in [0.1, 0.15) is 27.0 Å². The summed E-state index contributed by atoms with van der Waals surface area (Å²) in [5.41, 5.74) is 4.10. The van der Waals surface area contributed by atoms with Gasteiger partial charge >= 0.3 is 0 Å². The normalized spacial score (nSPS) is 11.8. The number of carbonyl (C=O) groups is 1. The van der Waals surface area contributed by atoms with Gasteiger partial charge in [-0.05, 0) is 31.2 Å². The second-order valence-electron chi connectivity index (χ2n) is 7.28. The summed E-state index contributed by atoms with van der Waals surface area (Å²) in [4.78, 5) is 22.6. The Morgan fingerprint density at radius 1 is 0.625 bits per heavy atom. The number of amidine groups is 2. The van der Waals surface area contributed by atoms with Crippen molar-refractivity contribution >= 4 is 23.3 Å². The molecule has 0 aromatic heterocycles. The van der Waals surface area contributed by atoms with Gasteiger partial charge in [0.1, 0.15) is 5.84 Å². The Kier molecular flexibility index (Phi) is 6.63. The number of benzene rings is 4. The Balaban J connectivity index is 1.78. The lowest BCUT2D eigenvalue weighted by Crippen LogP contribution is -2.32. The van der Waals surface area contributed by atoms with E-state index in [0.29, 0.717) is 17.2 Å². The molecule has 1 N–H and O–H groups in total. The van der Waals surface area contributed by atoms with Crippen molar-refractivity contribution in [3.8, 4) is 0 Å². The molecule has 0 saturated carbocycles. The van der Waals surface area contributed by atoms with Gasteiger partial charge in [-0.3, -0.25) is 4.79 Å². The zero-order valence-electron chi connectivity index (χ0n) is 17.8. The van der Waals surface area contributed by atoms with Gasteiger partial charge in [0.2, 0.25) is 0 Å². The molecule has 156 valence electrons. The van der Waals surface area contributed by atoms with E-state index in [1.165, 1.54) is 0 Å². The van der Waals surface area contributed by atoms with Crippen LogP contribution in [0.3, 0.4) is 0 Å². The molecule has 0 aliphatic rings. The van der Waals surface area contributed by atoms with E-state index in [-0.39, 0.29) is 5.91 Å². The van der Waals surface area contributed by atoms with Crippen LogP contribution in [0.2, 0.25) is 0 Å². The minimum atomic E-state index is -0.222. The highest BCUT2D eigenvalue weighted by Crippen LogP contribution is 2.15. The van der Waals surface area contributed by atoms with Gasteiger partial charge in [-0.2, -0.15) is 0 Å². The average Bonchev–Trinajstić information content (AvgIpc) is 2.85. The Morgan fingerprint density at radius 3 is 1.75 bits per heavy atom. The minimum absolute atomic E-state index is 0.222. The number of aryl methyl sites for hydroxylation is 1. The van der Waals surface area contributed by atoms with Crippen LogP contribution in [0.5, 0.6) is 0 Å². The van der Waals surface area contributed by atoms with E-state index in [0.717, 1.165) is 22.4 Å². The van der Waals surface area contributed by atoms with Crippen LogP contribution in [0.15, 0.2) is 125 Å². The van der Waals surface area contributed by atoms with Crippen LogP contribution in [0.4, 0.5) is 5.69 Å². The van der Waals surface area contributed by atoms with Crippen molar-refractivity contribution in [1.82, 2.24) is 5.32 Å². The third-order valence-corrected chi connectivity index (χ3v) is 4.83. The first kappa shape index (κ1) is 20.9. The summed E-state index contributed by atoms with van der Waals surface area (Å²) in [5.74, 6) is 0.731. The number of hydrogen-bond acceptors (Lipinski definition) is 2. The van der Waals surface area contributed by atoms with E-state index in [4.69, 9.17) is 9.98 Å². The molecule has 4 nitrogen and oxygen atoms in total. The fourth-order valence-corrected chi connectivity index (χ4v) is 3.12. The molecule has 4 rings (SSSR count). The Labute approximate surface area is 188 Å². The molecular weight excluding hydrogens is 394 g/mol. The molecule has 0 aliphatic carbocycles. The van der Waals surface area contributed by atoms with Gasteiger partial charge in [-0.15, -0.1) is 0 Å². The second-order valence-corrected chi connectivity index (χ2v) is 7.28. The summed E-state index contributed by atoms with van der Waals surface area (Å²) in [6.45, 7) is 1.99. The first-order chi connectivity index (χ1) is 15.7. The first-order valence-corrected chi connectivity index (χ1v) is 10.4. The molecular formula is C28H23N3O. The van der Waals surface area contributed by atoms with E-state index >= 15 is 0 Å². The zero-order chi connectivity index (χ0) is 22.2. The maximum atomic E-state index is 13.0. The monoisotopic (exact) mass is 417 g/mol. The van der Waals surface area contributed by atoms with Crippen LogP contribution in [-0.4, -0.2) is 17.6 Å². The van der Waals surface area contributed by atoms with Gasteiger partial charge < -0.3 is 5.32 Å². The van der Waals surface area contributed by atoms with E-state index in [9.17, 15) is 4.79 Å². The Morgan fingerprint density at radius 2 is 1.16 bits per heavy atom. The topological polar surface area (TPSA) is 53.8 Å². The van der Waals surface area contributed by atoms with Crippen LogP contribution >= 0.6 is 0 Å². The summed E-state index contributed by atoms with van der Waals surface area (Å²) >= 11 is 0. The highest BCUT2D eigenvalue weighted by molar-refractivity contribution is 6.18. The molecule has 0 heterocycles. The van der Waals surface area contributed by atoms with Crippen LogP contribution < -0.4 is 5.32 Å². The Hall–Kier alpha value is -4.31. The SMILES string of the molecule is Cc1ccc(C(=O)NC(=NC(=Nc2ccccc2)c2ccccc2)c2ccccc2)cc1. The molecule has 0 unspecified atom stereocenters. The summed E-state index contributed by atoms with van der Waals surface area (Å²) in [6, 6.07) is 36.4. The molecule has 32 heavy (non-hydrogen) atoms. The van der Waals surface area contributed by atoms with Crippen molar-refractivity contribution < 1.29 is 4.79 Å². The summed E-state index contributed by atoms with van der Waals surface area (Å²) in [6.07, 6.45) is 0. The Bertz CT molecular complexity index is 1230. The number of carbonyl (C=O) groups excluding carboxylic acids is 1. The van der Waals surface area contributed by atoms with Gasteiger partial charge in [0.15, 0.2) is 5.84 Å². The van der Waals surface area contributed by atoms with Crippen molar-refractivity contribution in [1.29, 1.82) is 0 Å². The van der Waals surface area contributed by atoms with Crippen LogP contribution in [0, 0.1) is 6.92 Å². The van der Waals surface area contributed by atoms with E-state index < -0.39 is 0 Å². The smallest absolute Gasteiger partial charge is 0.256 e. The lowest BCUT2D eigenvalue weighted by atomic mass is 10.1. The summed E-state index contributed by atoms with van der Waals surface area (Å²) in [7, 11) is 0. The van der Waals surface area contributed by atoms with Crippen molar-refractivity contribution in [2.75, 3.05) is 0 Å². The van der Waals surface area contributed by atoms with Crippen molar-refractivity contribution in [3.05, 3.63) is 138 Å². The number of para-hydroxylation sites is 1. The molecule has 0 saturated heterocycles. The molecule has 1 amide bonds. The highest BCUT2D eigenvalue weighted by atomic mass is 16.1. The molecule has 0 aliphatic heterocycles. The fraction of sp³-hybridized carbons (Fsp3) is 0.0357. The molecule has 4 heteroatoms. The van der Waals surface area contributed by atoms with Gasteiger partial charge in [0, 0.05) is 16.7 Å². The molecule has 0 radical (unpaired) electrons. The number of amides is 1. The van der Waals surface area contributed by atoms with Gasteiger partial charge in [0.25, 0.3) is 5.91 Å². The number of rotatable bonds is 4. The predicted octanol–water partition coefficient (Wildman–Crippen LogP) is 5.95. The molecule has 0 spiro atoms. The predicted molar refractivity (Wildman–Crippen MR) is 131 cm³/mol. The number of aliphatic imine (C=N–C) groups is 2. The standard InChI is InChI=1S/C28H23N3O/c1-21-17-19-24(20-18-21)28(32)31-27(23-13-7-3-8-14-23)30-26(22-11-5-2-6-12-22)29-25-15-9-4-10-16-25/h2-20H,1H3,(H,29,30,31,32). The first-order valence-electron chi connectivity index (χ1n) is 10.4. The van der Waals surface area contributed by atoms with E-state index in [1.54, 1.807) is 0 Å². The van der Waals surface area contributed by atoms with Crippen molar-refractivity contribution in [2.45, 2.75) is 6.92 Å². The van der Waals surface area contributed by atoms with E-state index in [2.05, 4.69) is 5.32 Å². The molecule has 0 fully saturated rings. The maximum absolute atomic E-state index is 13.0. The third-order valence-electron chi connectivity index (χ3n) is 4.83. The largest absolute Gasteiger partial charge is 0.306 e. The van der Waals surface area contributed by atoms with Crippen molar-refractivity contribution in [3.63, 3.8) is 0 Å². The third kappa shape index (κ3) is 5.43. The zero-order valence-corrected chi connectivity index (χ0v) is 17.8. The summed E-state index contributed by atoms with van der Waals surface area (Å²) in [5, 5.41) is 2.99. The number of hydrogen-bond donors (Lipinski definition) is 1. The molecule has 4 aromatic rings. The maximum Gasteiger partial charge on any atom is 0.256 e. The lowest BCUT2D eigenvalue weighted by Gasteiger charge is -2.11. The lowest BCUT2D eigenvalue weighted by molar-refractivity contribution is 0.0977. The van der Waals surface area contributed by atoms with E-state index in [1.807, 2.05) is 122 Å². The van der Waals surface area contributed by atoms with Gasteiger partial charge in [0.05, 0.1) is 5.69 Å². The van der Waals surface area contributed by atoms with Gasteiger partial charge in [-0.25, -0.2) is 9.98 Å². The van der Waals surface area contributed by atoms with Gasteiger partial charge in [-0.1, -0.05) is 96.6 Å². The molecule has 0 atom stereocenters. The fourth-order valence-electron chi connectivity index (χ4n) is 3.12. The molecule has 4 aromatic carbocycles. The quantitative estimate of drug-likeness (QED) is 0.324. The highest BCUT2D eigenvalue weighted by Gasteiger charge is 2.13. The van der Waals surface area contributed by atoms with Crippen LogP contribution in [0.25, 0.3) is 0 Å². The second kappa shape index (κ2) is 10.1. The average molecular weight is 418 g/mol. The number of nitrogens with one attached hydrogen (secondary N) is 1. The van der Waals surface area contributed by atoms with Crippen molar-refractivity contribution in [2.24, 2.45) is 9.98 Å². The van der Waals surface area contributed by atoms with Crippen LogP contribution in [-0.2, 0) is 0 Å².